The van der Waals surface area contributed by atoms with Gasteiger partial charge in [0.25, 0.3) is 0 Å². The molecule has 0 spiro atoms. The third-order valence-corrected chi connectivity index (χ3v) is 6.64. The van der Waals surface area contributed by atoms with E-state index < -0.39 is 0 Å². The highest BCUT2D eigenvalue weighted by atomic mass is 32.2. The van der Waals surface area contributed by atoms with Crippen molar-refractivity contribution in [2.45, 2.75) is 36.3 Å². The molecule has 2 aromatic rings. The topological polar surface area (TPSA) is 18.5 Å². The molecule has 0 aromatic heterocycles. The Morgan fingerprint density at radius 2 is 1.78 bits per heavy atom. The van der Waals surface area contributed by atoms with Crippen LogP contribution in [-0.4, -0.2) is 32.3 Å². The van der Waals surface area contributed by atoms with Crippen LogP contribution in [0.15, 0.2) is 71.1 Å². The van der Waals surface area contributed by atoms with E-state index >= 15 is 0 Å². The molecule has 2 rings (SSSR count). The summed E-state index contributed by atoms with van der Waals surface area (Å²) in [4.78, 5) is 1.24. The van der Waals surface area contributed by atoms with E-state index in [0.29, 0.717) is 0 Å². The molecule has 0 saturated carbocycles. The predicted molar refractivity (Wildman–Crippen MR) is 140 cm³/mol. The standard InChI is InChI=1S/C28H32O2S2/c1-4-31-28(25-18-20-26(30-3)21-19-25)24(14-8-5-6-12-22-29-2)15-11-13-23-32-27-16-9-7-10-17-27/h7,9-10,15-21,28H,4-6,12,22-23H2,1-3H3/b24-15-. The first-order valence-corrected chi connectivity index (χ1v) is 12.9. The van der Waals surface area contributed by atoms with Crippen molar-refractivity contribution in [2.24, 2.45) is 0 Å². The zero-order valence-corrected chi connectivity index (χ0v) is 20.9. The molecule has 0 amide bonds. The third kappa shape index (κ3) is 9.92. The van der Waals surface area contributed by atoms with Crippen LogP contribution in [0.3, 0.4) is 0 Å². The van der Waals surface area contributed by atoms with E-state index in [4.69, 9.17) is 9.47 Å². The zero-order chi connectivity index (χ0) is 22.9. The van der Waals surface area contributed by atoms with Gasteiger partial charge in [-0.25, -0.2) is 0 Å². The number of hydrogen-bond acceptors (Lipinski definition) is 4. The summed E-state index contributed by atoms with van der Waals surface area (Å²) >= 11 is 3.63. The predicted octanol–water partition coefficient (Wildman–Crippen LogP) is 7.03. The summed E-state index contributed by atoms with van der Waals surface area (Å²) in [6, 6.07) is 18.6. The molecule has 0 saturated heterocycles. The highest BCUT2D eigenvalue weighted by Crippen LogP contribution is 2.36. The molecule has 32 heavy (non-hydrogen) atoms. The molecule has 0 aliphatic rings. The van der Waals surface area contributed by atoms with Crippen molar-refractivity contribution in [1.82, 2.24) is 0 Å². The molecular formula is C28H32O2S2. The van der Waals surface area contributed by atoms with E-state index in [0.717, 1.165) is 48.7 Å². The Balaban J connectivity index is 2.17. The van der Waals surface area contributed by atoms with Gasteiger partial charge in [0.15, 0.2) is 0 Å². The number of hydrogen-bond donors (Lipinski definition) is 0. The molecule has 0 N–H and O–H groups in total. The molecule has 0 heterocycles. The van der Waals surface area contributed by atoms with Crippen LogP contribution >= 0.6 is 23.5 Å². The second kappa shape index (κ2) is 16.4. The quantitative estimate of drug-likeness (QED) is 0.202. The summed E-state index contributed by atoms with van der Waals surface area (Å²) in [5.74, 6) is 15.9. The summed E-state index contributed by atoms with van der Waals surface area (Å²) in [6.45, 7) is 2.97. The highest BCUT2D eigenvalue weighted by Gasteiger charge is 2.15. The molecule has 0 bridgehead atoms. The van der Waals surface area contributed by atoms with Gasteiger partial charge < -0.3 is 9.47 Å². The van der Waals surface area contributed by atoms with Crippen molar-refractivity contribution < 1.29 is 9.47 Å². The van der Waals surface area contributed by atoms with Crippen LogP contribution in [0, 0.1) is 23.7 Å². The van der Waals surface area contributed by atoms with Crippen LogP contribution in [0.4, 0.5) is 0 Å². The average molecular weight is 465 g/mol. The van der Waals surface area contributed by atoms with Gasteiger partial charge in [-0.05, 0) is 48.4 Å². The fourth-order valence-electron chi connectivity index (χ4n) is 2.92. The first kappa shape index (κ1) is 26.0. The van der Waals surface area contributed by atoms with E-state index in [9.17, 15) is 0 Å². The van der Waals surface area contributed by atoms with Gasteiger partial charge in [-0.15, -0.1) is 23.5 Å². The van der Waals surface area contributed by atoms with Gasteiger partial charge in [0.05, 0.1) is 18.1 Å². The maximum atomic E-state index is 5.33. The summed E-state index contributed by atoms with van der Waals surface area (Å²) < 4.78 is 10.5. The van der Waals surface area contributed by atoms with Crippen LogP contribution in [0.5, 0.6) is 5.75 Å². The Morgan fingerprint density at radius 3 is 2.47 bits per heavy atom. The second-order valence-corrected chi connectivity index (χ2v) is 9.31. The van der Waals surface area contributed by atoms with Gasteiger partial charge in [0.2, 0.25) is 0 Å². The van der Waals surface area contributed by atoms with Crippen molar-refractivity contribution in [3.63, 3.8) is 0 Å². The summed E-state index contributed by atoms with van der Waals surface area (Å²) in [5.41, 5.74) is 2.28. The van der Waals surface area contributed by atoms with E-state index in [2.05, 4.69) is 67.0 Å². The number of rotatable bonds is 11. The molecule has 1 atom stereocenters. The largest absolute Gasteiger partial charge is 0.497 e. The van der Waals surface area contributed by atoms with Crippen LogP contribution in [-0.2, 0) is 4.74 Å². The second-order valence-electron chi connectivity index (χ2n) is 6.88. The maximum absolute atomic E-state index is 5.33. The minimum Gasteiger partial charge on any atom is -0.497 e. The Labute approximate surface area is 202 Å². The van der Waals surface area contributed by atoms with Crippen molar-refractivity contribution >= 4 is 23.5 Å². The molecule has 0 aliphatic heterocycles. The molecule has 0 fully saturated rings. The summed E-state index contributed by atoms with van der Waals surface area (Å²) in [5, 5.41) is 0.161. The highest BCUT2D eigenvalue weighted by molar-refractivity contribution is 7.99. The van der Waals surface area contributed by atoms with Crippen LogP contribution in [0.25, 0.3) is 0 Å². The van der Waals surface area contributed by atoms with Gasteiger partial charge >= 0.3 is 0 Å². The van der Waals surface area contributed by atoms with Crippen LogP contribution in [0.1, 0.15) is 37.0 Å². The number of benzene rings is 2. The zero-order valence-electron chi connectivity index (χ0n) is 19.2. The number of thioether (sulfide) groups is 2. The number of ether oxygens (including phenoxy) is 2. The monoisotopic (exact) mass is 464 g/mol. The van der Waals surface area contributed by atoms with E-state index in [1.54, 1.807) is 26.0 Å². The van der Waals surface area contributed by atoms with Crippen molar-refractivity contribution in [3.05, 3.63) is 71.8 Å². The number of methoxy groups -OCH3 is 2. The fraction of sp³-hybridized carbons (Fsp3) is 0.357. The lowest BCUT2D eigenvalue weighted by molar-refractivity contribution is 0.193. The molecule has 0 aliphatic carbocycles. The van der Waals surface area contributed by atoms with E-state index in [1.807, 2.05) is 36.0 Å². The van der Waals surface area contributed by atoms with Gasteiger partial charge in [0.1, 0.15) is 5.75 Å². The summed E-state index contributed by atoms with van der Waals surface area (Å²) in [7, 11) is 3.43. The van der Waals surface area contributed by atoms with Gasteiger partial charge in [0, 0.05) is 36.7 Å². The lowest BCUT2D eigenvalue weighted by atomic mass is 10.0. The first-order chi connectivity index (χ1) is 15.8. The van der Waals surface area contributed by atoms with E-state index in [-0.39, 0.29) is 5.25 Å². The molecule has 2 nitrogen and oxygen atoms in total. The molecule has 0 radical (unpaired) electrons. The first-order valence-electron chi connectivity index (χ1n) is 10.9. The van der Waals surface area contributed by atoms with Crippen LogP contribution < -0.4 is 4.74 Å². The SMILES string of the molecule is CCSC(/C(C#CCCCCOC)=C\C#CCSc1ccccc1)c1ccc(OC)cc1. The smallest absolute Gasteiger partial charge is 0.118 e. The van der Waals surface area contributed by atoms with Crippen molar-refractivity contribution in [1.29, 1.82) is 0 Å². The lowest BCUT2D eigenvalue weighted by Crippen LogP contribution is -1.99. The number of unbranched alkanes of at least 4 members (excludes halogenated alkanes) is 2. The van der Waals surface area contributed by atoms with E-state index in [1.165, 1.54) is 10.5 Å². The molecule has 2 aromatic carbocycles. The molecule has 4 heteroatoms. The summed E-state index contributed by atoms with van der Waals surface area (Å²) in [6.07, 6.45) is 4.95. The van der Waals surface area contributed by atoms with Gasteiger partial charge in [-0.1, -0.05) is 60.9 Å². The minimum absolute atomic E-state index is 0.161. The van der Waals surface area contributed by atoms with Crippen molar-refractivity contribution in [2.75, 3.05) is 32.3 Å². The normalized spacial score (nSPS) is 11.7. The van der Waals surface area contributed by atoms with Crippen molar-refractivity contribution in [3.8, 4) is 29.4 Å². The minimum atomic E-state index is 0.161. The Kier molecular flexibility index (Phi) is 13.3. The fourth-order valence-corrected chi connectivity index (χ4v) is 4.58. The molecular weight excluding hydrogens is 432 g/mol. The lowest BCUT2D eigenvalue weighted by Gasteiger charge is -2.16. The van der Waals surface area contributed by atoms with Gasteiger partial charge in [-0.3, -0.25) is 0 Å². The third-order valence-electron chi connectivity index (χ3n) is 4.55. The molecule has 168 valence electrons. The Morgan fingerprint density at radius 1 is 1.00 bits per heavy atom. The number of allylic oxidation sites excluding steroid dienone is 1. The van der Waals surface area contributed by atoms with Gasteiger partial charge in [-0.2, -0.15) is 0 Å². The van der Waals surface area contributed by atoms with Crippen LogP contribution in [0.2, 0.25) is 0 Å². The maximum Gasteiger partial charge on any atom is 0.118 e. The Bertz CT molecular complexity index is 929. The Hall–Kier alpha value is -2.24. The average Bonchev–Trinajstić information content (AvgIpc) is 2.84. The molecule has 1 unspecified atom stereocenters.